The molecule has 98 valence electrons. The number of rotatable bonds is 5. The summed E-state index contributed by atoms with van der Waals surface area (Å²) in [5, 5.41) is 12.1. The van der Waals surface area contributed by atoms with Crippen LogP contribution >= 0.6 is 0 Å². The summed E-state index contributed by atoms with van der Waals surface area (Å²) in [5.41, 5.74) is 2.23. The van der Waals surface area contributed by atoms with Crippen molar-refractivity contribution in [3.63, 3.8) is 0 Å². The van der Waals surface area contributed by atoms with Crippen molar-refractivity contribution in [2.45, 2.75) is 19.3 Å². The minimum Gasteiger partial charge on any atom is -0.478 e. The van der Waals surface area contributed by atoms with Crippen LogP contribution in [0.3, 0.4) is 0 Å². The first-order chi connectivity index (χ1) is 8.58. The van der Waals surface area contributed by atoms with E-state index in [1.165, 1.54) is 0 Å². The Morgan fingerprint density at radius 2 is 2.33 bits per heavy atom. The van der Waals surface area contributed by atoms with Crippen LogP contribution in [0.1, 0.15) is 28.0 Å². The van der Waals surface area contributed by atoms with E-state index in [2.05, 4.69) is 10.3 Å². The summed E-state index contributed by atoms with van der Waals surface area (Å²) < 4.78 is 11.0. The number of aromatic carboxylic acids is 1. The lowest BCUT2D eigenvalue weighted by Crippen LogP contribution is -2.15. The van der Waals surface area contributed by atoms with E-state index >= 15 is 0 Å². The van der Waals surface area contributed by atoms with Crippen molar-refractivity contribution in [3.05, 3.63) is 22.9 Å². The number of carbonyl (C=O) groups is 1. The lowest BCUT2D eigenvalue weighted by Gasteiger charge is -2.10. The standard InChI is InChI=1S/C12H16N2O3S/c1-18(17)6-5-13-11-9(12(15)16)7-8-3-2-4-10(8)14-11/h7H,2-6H2,1H3,(H,13,14)(H,15,16). The van der Waals surface area contributed by atoms with E-state index in [-0.39, 0.29) is 5.56 Å². The predicted octanol–water partition coefficient (Wildman–Crippen LogP) is 1.06. The Morgan fingerprint density at radius 1 is 1.56 bits per heavy atom. The zero-order chi connectivity index (χ0) is 13.1. The van der Waals surface area contributed by atoms with Crippen molar-refractivity contribution < 1.29 is 14.1 Å². The third-order valence-corrected chi connectivity index (χ3v) is 3.74. The fourth-order valence-electron chi connectivity index (χ4n) is 2.08. The SMILES string of the molecule is CS(=O)CCNc1nc2c(cc1C(=O)O)CCC2. The molecule has 1 heterocycles. The van der Waals surface area contributed by atoms with Crippen molar-refractivity contribution in [2.24, 2.45) is 0 Å². The van der Waals surface area contributed by atoms with Gasteiger partial charge in [0.2, 0.25) is 0 Å². The Labute approximate surface area is 108 Å². The van der Waals surface area contributed by atoms with Crippen LogP contribution in [0, 0.1) is 0 Å². The molecule has 0 radical (unpaired) electrons. The molecule has 2 rings (SSSR count). The van der Waals surface area contributed by atoms with Gasteiger partial charge in [-0.25, -0.2) is 9.78 Å². The molecule has 0 saturated carbocycles. The average molecular weight is 268 g/mol. The highest BCUT2D eigenvalue weighted by Gasteiger charge is 2.19. The number of fused-ring (bicyclic) bond motifs is 1. The summed E-state index contributed by atoms with van der Waals surface area (Å²) in [6.07, 6.45) is 4.46. The van der Waals surface area contributed by atoms with E-state index in [0.717, 1.165) is 30.5 Å². The van der Waals surface area contributed by atoms with Gasteiger partial charge >= 0.3 is 5.97 Å². The second-order valence-electron chi connectivity index (χ2n) is 4.35. The molecule has 0 bridgehead atoms. The number of aromatic nitrogens is 1. The molecular weight excluding hydrogens is 252 g/mol. The third-order valence-electron chi connectivity index (χ3n) is 2.96. The monoisotopic (exact) mass is 268 g/mol. The smallest absolute Gasteiger partial charge is 0.339 e. The van der Waals surface area contributed by atoms with Crippen LogP contribution in [0.2, 0.25) is 0 Å². The zero-order valence-corrected chi connectivity index (χ0v) is 11.0. The van der Waals surface area contributed by atoms with E-state index in [0.29, 0.717) is 18.1 Å². The molecule has 1 aliphatic carbocycles. The molecule has 1 aromatic rings. The second-order valence-corrected chi connectivity index (χ2v) is 5.91. The Kier molecular flexibility index (Phi) is 3.96. The first-order valence-electron chi connectivity index (χ1n) is 5.88. The maximum atomic E-state index is 11.2. The van der Waals surface area contributed by atoms with E-state index in [1.807, 2.05) is 0 Å². The molecule has 0 amide bonds. The quantitative estimate of drug-likeness (QED) is 0.834. The Bertz CT molecular complexity index is 502. The van der Waals surface area contributed by atoms with Gasteiger partial charge in [-0.2, -0.15) is 0 Å². The minimum atomic E-state index is -0.975. The van der Waals surface area contributed by atoms with Crippen LogP contribution in [0.25, 0.3) is 0 Å². The lowest BCUT2D eigenvalue weighted by molar-refractivity contribution is 0.0697. The van der Waals surface area contributed by atoms with Crippen LogP contribution in [0.4, 0.5) is 5.82 Å². The molecule has 2 N–H and O–H groups in total. The van der Waals surface area contributed by atoms with Gasteiger partial charge in [-0.1, -0.05) is 0 Å². The molecule has 1 aromatic heterocycles. The van der Waals surface area contributed by atoms with Gasteiger partial charge in [0.1, 0.15) is 11.4 Å². The molecule has 0 saturated heterocycles. The van der Waals surface area contributed by atoms with Crippen molar-refractivity contribution in [1.82, 2.24) is 4.98 Å². The van der Waals surface area contributed by atoms with Crippen LogP contribution < -0.4 is 5.32 Å². The van der Waals surface area contributed by atoms with Gasteiger partial charge in [0.25, 0.3) is 0 Å². The molecule has 1 aliphatic rings. The number of carboxylic acids is 1. The van der Waals surface area contributed by atoms with Crippen molar-refractivity contribution in [1.29, 1.82) is 0 Å². The number of nitrogens with zero attached hydrogens (tertiary/aromatic N) is 1. The summed E-state index contributed by atoms with van der Waals surface area (Å²) >= 11 is 0. The van der Waals surface area contributed by atoms with E-state index in [1.54, 1.807) is 12.3 Å². The number of aryl methyl sites for hydroxylation is 2. The maximum Gasteiger partial charge on any atom is 0.339 e. The Hall–Kier alpha value is -1.43. The third kappa shape index (κ3) is 2.87. The topological polar surface area (TPSA) is 79.3 Å². The summed E-state index contributed by atoms with van der Waals surface area (Å²) in [5.74, 6) is -0.0939. The molecule has 0 aromatic carbocycles. The van der Waals surface area contributed by atoms with Gasteiger partial charge < -0.3 is 10.4 Å². The maximum absolute atomic E-state index is 11.2. The van der Waals surface area contributed by atoms with Crippen molar-refractivity contribution >= 4 is 22.6 Å². The highest BCUT2D eigenvalue weighted by Crippen LogP contribution is 2.25. The number of nitrogens with one attached hydrogen (secondary N) is 1. The zero-order valence-electron chi connectivity index (χ0n) is 10.2. The molecule has 1 atom stereocenters. The summed E-state index contributed by atoms with van der Waals surface area (Å²) in [6, 6.07) is 1.71. The Balaban J connectivity index is 2.21. The molecule has 0 fully saturated rings. The first kappa shape index (κ1) is 13.0. The second kappa shape index (κ2) is 5.48. The molecule has 6 heteroatoms. The predicted molar refractivity (Wildman–Crippen MR) is 70.6 cm³/mol. The largest absolute Gasteiger partial charge is 0.478 e. The number of hydrogen-bond donors (Lipinski definition) is 2. The van der Waals surface area contributed by atoms with Crippen LogP contribution in [0.15, 0.2) is 6.07 Å². The van der Waals surface area contributed by atoms with Crippen LogP contribution in [-0.4, -0.2) is 38.8 Å². The molecule has 5 nitrogen and oxygen atoms in total. The van der Waals surface area contributed by atoms with Gasteiger partial charge in [0.05, 0.1) is 0 Å². The summed E-state index contributed by atoms with van der Waals surface area (Å²) in [6.45, 7) is 0.467. The fraction of sp³-hybridized carbons (Fsp3) is 0.500. The molecule has 1 unspecified atom stereocenters. The van der Waals surface area contributed by atoms with Crippen molar-refractivity contribution in [2.75, 3.05) is 23.9 Å². The van der Waals surface area contributed by atoms with Crippen LogP contribution in [0.5, 0.6) is 0 Å². The van der Waals surface area contributed by atoms with Gasteiger partial charge in [-0.3, -0.25) is 4.21 Å². The number of hydrogen-bond acceptors (Lipinski definition) is 4. The van der Waals surface area contributed by atoms with Crippen LogP contribution in [-0.2, 0) is 23.6 Å². The van der Waals surface area contributed by atoms with E-state index in [4.69, 9.17) is 5.11 Å². The lowest BCUT2D eigenvalue weighted by atomic mass is 10.1. The molecule has 18 heavy (non-hydrogen) atoms. The van der Waals surface area contributed by atoms with E-state index in [9.17, 15) is 9.00 Å². The molecule has 0 aliphatic heterocycles. The van der Waals surface area contributed by atoms with Gasteiger partial charge in [-0.15, -0.1) is 0 Å². The van der Waals surface area contributed by atoms with Gasteiger partial charge in [-0.05, 0) is 30.9 Å². The highest BCUT2D eigenvalue weighted by atomic mass is 32.2. The van der Waals surface area contributed by atoms with E-state index < -0.39 is 16.8 Å². The average Bonchev–Trinajstić information content (AvgIpc) is 2.74. The van der Waals surface area contributed by atoms with Crippen molar-refractivity contribution in [3.8, 4) is 0 Å². The summed E-state index contributed by atoms with van der Waals surface area (Å²) in [7, 11) is -0.893. The highest BCUT2D eigenvalue weighted by molar-refractivity contribution is 7.84. The molecular formula is C12H16N2O3S. The fourth-order valence-corrected chi connectivity index (χ4v) is 2.47. The first-order valence-corrected chi connectivity index (χ1v) is 7.60. The number of carboxylic acid groups (broad SMARTS) is 1. The summed E-state index contributed by atoms with van der Waals surface area (Å²) in [4.78, 5) is 15.6. The normalized spacial score (nSPS) is 15.2. The molecule has 0 spiro atoms. The number of anilines is 1. The number of pyridine rings is 1. The minimum absolute atomic E-state index is 0.206. The Morgan fingerprint density at radius 3 is 3.00 bits per heavy atom. The van der Waals surface area contributed by atoms with Gasteiger partial charge in [0.15, 0.2) is 0 Å². The van der Waals surface area contributed by atoms with Gasteiger partial charge in [0, 0.05) is 35.0 Å².